The Balaban J connectivity index is 0.000000187. The highest BCUT2D eigenvalue weighted by atomic mass is 16.5. The Bertz CT molecular complexity index is 123. The van der Waals surface area contributed by atoms with Gasteiger partial charge in [0.1, 0.15) is 6.26 Å². The van der Waals surface area contributed by atoms with E-state index in [0.29, 0.717) is 0 Å². The Kier molecular flexibility index (Phi) is 4.88. The fourth-order valence-corrected chi connectivity index (χ4v) is 0.258. The van der Waals surface area contributed by atoms with Crippen LogP contribution in [0.2, 0.25) is 0 Å². The van der Waals surface area contributed by atoms with Crippen LogP contribution in [0.15, 0.2) is 17.0 Å². The molecule has 2 heteroatoms. The van der Waals surface area contributed by atoms with E-state index in [9.17, 15) is 0 Å². The van der Waals surface area contributed by atoms with Crippen LogP contribution in [0, 0.1) is 6.92 Å². The van der Waals surface area contributed by atoms with Gasteiger partial charge in [-0.25, -0.2) is 0 Å². The van der Waals surface area contributed by atoms with E-state index < -0.39 is 0 Å². The Hall–Kier alpha value is -0.790. The molecule has 0 N–H and O–H groups in total. The summed E-state index contributed by atoms with van der Waals surface area (Å²) >= 11 is 0. The van der Waals surface area contributed by atoms with Crippen molar-refractivity contribution in [1.29, 1.82) is 0 Å². The lowest BCUT2D eigenvalue weighted by atomic mass is 10.4. The van der Waals surface area contributed by atoms with Gasteiger partial charge in [0.25, 0.3) is 0 Å². The van der Waals surface area contributed by atoms with Crippen molar-refractivity contribution in [3.8, 4) is 0 Å². The number of nitrogens with zero attached hydrogens (tertiary/aromatic N) is 1. The van der Waals surface area contributed by atoms with Gasteiger partial charge < -0.3 is 4.52 Å². The van der Waals surface area contributed by atoms with Gasteiger partial charge in [-0.15, -0.1) is 0 Å². The fraction of sp³-hybridized carbons (Fsp3) is 0.571. The molecule has 1 aromatic rings. The molecule has 2 nitrogen and oxygen atoms in total. The summed E-state index contributed by atoms with van der Waals surface area (Å²) in [5.41, 5.74) is 1.06. The third-order valence-electron chi connectivity index (χ3n) is 0.556. The SMILES string of the molecule is CCC.Cc1cnoc1. The van der Waals surface area contributed by atoms with E-state index in [1.165, 1.54) is 6.42 Å². The van der Waals surface area contributed by atoms with Gasteiger partial charge in [0.2, 0.25) is 0 Å². The summed E-state index contributed by atoms with van der Waals surface area (Å²) in [6.07, 6.45) is 4.51. The molecule has 0 amide bonds. The molecular weight excluding hydrogens is 114 g/mol. The van der Waals surface area contributed by atoms with Crippen LogP contribution in [0.1, 0.15) is 25.8 Å². The van der Waals surface area contributed by atoms with Crippen LogP contribution in [-0.4, -0.2) is 5.16 Å². The normalized spacial score (nSPS) is 7.89. The lowest BCUT2D eigenvalue weighted by molar-refractivity contribution is 0.419. The van der Waals surface area contributed by atoms with Gasteiger partial charge >= 0.3 is 0 Å². The lowest BCUT2D eigenvalue weighted by Crippen LogP contribution is -1.50. The molecule has 9 heavy (non-hydrogen) atoms. The summed E-state index contributed by atoms with van der Waals surface area (Å²) in [5.74, 6) is 0. The Morgan fingerprint density at radius 1 is 1.56 bits per heavy atom. The van der Waals surface area contributed by atoms with E-state index in [1.54, 1.807) is 12.5 Å². The first kappa shape index (κ1) is 8.21. The second-order valence-electron chi connectivity index (χ2n) is 1.91. The van der Waals surface area contributed by atoms with Crippen LogP contribution in [0.5, 0.6) is 0 Å². The minimum absolute atomic E-state index is 1.06. The van der Waals surface area contributed by atoms with Crippen LogP contribution < -0.4 is 0 Å². The largest absolute Gasteiger partial charge is 0.365 e. The second-order valence-corrected chi connectivity index (χ2v) is 1.91. The predicted molar refractivity (Wildman–Crippen MR) is 37.2 cm³/mol. The highest BCUT2D eigenvalue weighted by Crippen LogP contribution is 1.88. The molecular formula is C7H13NO. The van der Waals surface area contributed by atoms with Gasteiger partial charge in [-0.05, 0) is 6.92 Å². The summed E-state index contributed by atoms with van der Waals surface area (Å²) in [4.78, 5) is 0. The van der Waals surface area contributed by atoms with Gasteiger partial charge in [-0.3, -0.25) is 0 Å². The summed E-state index contributed by atoms with van der Waals surface area (Å²) < 4.78 is 4.46. The van der Waals surface area contributed by atoms with Crippen molar-refractivity contribution in [1.82, 2.24) is 5.16 Å². The molecule has 0 saturated heterocycles. The Morgan fingerprint density at radius 2 is 2.11 bits per heavy atom. The van der Waals surface area contributed by atoms with Gasteiger partial charge in [0.15, 0.2) is 0 Å². The monoisotopic (exact) mass is 127 g/mol. The zero-order valence-electron chi connectivity index (χ0n) is 6.22. The maximum absolute atomic E-state index is 4.46. The van der Waals surface area contributed by atoms with Gasteiger partial charge in [0.05, 0.1) is 6.20 Å². The first-order valence-corrected chi connectivity index (χ1v) is 3.17. The van der Waals surface area contributed by atoms with E-state index in [2.05, 4.69) is 23.5 Å². The maximum Gasteiger partial charge on any atom is 0.126 e. The molecule has 0 bridgehead atoms. The molecule has 0 atom stereocenters. The predicted octanol–water partition coefficient (Wildman–Crippen LogP) is 2.40. The van der Waals surface area contributed by atoms with E-state index in [0.717, 1.165) is 5.56 Å². The second kappa shape index (κ2) is 5.35. The molecule has 0 aliphatic carbocycles. The molecule has 1 aromatic heterocycles. The summed E-state index contributed by atoms with van der Waals surface area (Å²) in [6.45, 7) is 6.18. The van der Waals surface area contributed by atoms with E-state index in [4.69, 9.17) is 0 Å². The van der Waals surface area contributed by atoms with Crippen molar-refractivity contribution in [3.05, 3.63) is 18.0 Å². The highest BCUT2D eigenvalue weighted by molar-refractivity contribution is 4.94. The van der Waals surface area contributed by atoms with Gasteiger partial charge in [-0.1, -0.05) is 25.4 Å². The minimum atomic E-state index is 1.06. The number of hydrogen-bond acceptors (Lipinski definition) is 2. The Morgan fingerprint density at radius 3 is 2.22 bits per heavy atom. The molecule has 1 heterocycles. The summed E-state index contributed by atoms with van der Waals surface area (Å²) in [6, 6.07) is 0. The topological polar surface area (TPSA) is 26.0 Å². The molecule has 0 saturated carbocycles. The van der Waals surface area contributed by atoms with Crippen molar-refractivity contribution in [2.75, 3.05) is 0 Å². The zero-order chi connectivity index (χ0) is 7.11. The number of hydrogen-bond donors (Lipinski definition) is 0. The fourth-order valence-electron chi connectivity index (χ4n) is 0.258. The summed E-state index contributed by atoms with van der Waals surface area (Å²) in [7, 11) is 0. The van der Waals surface area contributed by atoms with Crippen molar-refractivity contribution in [3.63, 3.8) is 0 Å². The Labute approximate surface area is 55.9 Å². The first-order valence-electron chi connectivity index (χ1n) is 3.17. The van der Waals surface area contributed by atoms with Crippen molar-refractivity contribution in [2.24, 2.45) is 0 Å². The van der Waals surface area contributed by atoms with Gasteiger partial charge in [-0.2, -0.15) is 0 Å². The minimum Gasteiger partial charge on any atom is -0.365 e. The maximum atomic E-state index is 4.46. The van der Waals surface area contributed by atoms with Crippen LogP contribution in [0.4, 0.5) is 0 Å². The quantitative estimate of drug-likeness (QED) is 0.534. The van der Waals surface area contributed by atoms with Crippen molar-refractivity contribution in [2.45, 2.75) is 27.2 Å². The highest BCUT2D eigenvalue weighted by Gasteiger charge is 1.77. The molecule has 0 fully saturated rings. The van der Waals surface area contributed by atoms with E-state index in [1.807, 2.05) is 6.92 Å². The average Bonchev–Trinajstić information content (AvgIpc) is 2.20. The molecule has 52 valence electrons. The van der Waals surface area contributed by atoms with Crippen LogP contribution in [-0.2, 0) is 0 Å². The zero-order valence-corrected chi connectivity index (χ0v) is 6.22. The molecule has 1 rings (SSSR count). The van der Waals surface area contributed by atoms with Gasteiger partial charge in [0, 0.05) is 5.56 Å². The molecule has 0 spiro atoms. The van der Waals surface area contributed by atoms with Crippen LogP contribution in [0.3, 0.4) is 0 Å². The van der Waals surface area contributed by atoms with E-state index in [-0.39, 0.29) is 0 Å². The lowest BCUT2D eigenvalue weighted by Gasteiger charge is -1.60. The smallest absolute Gasteiger partial charge is 0.126 e. The van der Waals surface area contributed by atoms with Crippen LogP contribution in [0.25, 0.3) is 0 Å². The third-order valence-corrected chi connectivity index (χ3v) is 0.556. The number of aryl methyl sites for hydroxylation is 1. The number of rotatable bonds is 0. The average molecular weight is 127 g/mol. The third kappa shape index (κ3) is 5.07. The molecule has 0 aliphatic heterocycles. The molecule has 0 aliphatic rings. The van der Waals surface area contributed by atoms with Crippen molar-refractivity contribution < 1.29 is 4.52 Å². The van der Waals surface area contributed by atoms with E-state index >= 15 is 0 Å². The number of aromatic nitrogens is 1. The van der Waals surface area contributed by atoms with Crippen molar-refractivity contribution >= 4 is 0 Å². The molecule has 0 unspecified atom stereocenters. The molecule has 0 radical (unpaired) electrons. The summed E-state index contributed by atoms with van der Waals surface area (Å²) in [5, 5.41) is 3.45. The van der Waals surface area contributed by atoms with Crippen LogP contribution >= 0.6 is 0 Å². The first-order chi connectivity index (χ1) is 4.31. The standard InChI is InChI=1S/C4H5NO.C3H8/c1-4-2-5-6-3-4;1-3-2/h2-3H,1H3;3H2,1-2H3. The molecule has 0 aromatic carbocycles.